The van der Waals surface area contributed by atoms with Gasteiger partial charge in [-0.05, 0) is 20.8 Å². The average molecular weight is 212 g/mol. The normalized spacial score (nSPS) is 11.6. The first-order valence-corrected chi connectivity index (χ1v) is 5.43. The van der Waals surface area contributed by atoms with Gasteiger partial charge in [0.15, 0.2) is 0 Å². The van der Waals surface area contributed by atoms with Gasteiger partial charge >= 0.3 is 0 Å². The Morgan fingerprint density at radius 3 is 2.33 bits per heavy atom. The molecule has 1 N–H and O–H groups in total. The monoisotopic (exact) mass is 212 g/mol. The van der Waals surface area contributed by atoms with E-state index in [1.165, 1.54) is 0 Å². The summed E-state index contributed by atoms with van der Waals surface area (Å²) in [7, 11) is 0. The molecule has 0 aromatic carbocycles. The largest absolute Gasteiger partial charge is 0.333 e. The van der Waals surface area contributed by atoms with E-state index in [9.17, 15) is 4.79 Å². The molecule has 0 aliphatic rings. The molecule has 0 saturated carbocycles. The number of rotatable bonds is 5. The van der Waals surface area contributed by atoms with Crippen LogP contribution in [0.3, 0.4) is 0 Å². The molecule has 0 atom stereocenters. The molecule has 3 nitrogen and oxygen atoms in total. The highest BCUT2D eigenvalue weighted by atomic mass is 16.2. The molecule has 0 aliphatic heterocycles. The minimum Gasteiger partial charge on any atom is -0.333 e. The van der Waals surface area contributed by atoms with Crippen LogP contribution in [0.25, 0.3) is 0 Å². The van der Waals surface area contributed by atoms with E-state index in [1.807, 2.05) is 39.5 Å². The summed E-state index contributed by atoms with van der Waals surface area (Å²) >= 11 is 0. The van der Waals surface area contributed by atoms with Crippen LogP contribution in [-0.4, -0.2) is 35.5 Å². The number of carbonyl (C=O) groups excluding carboxylic acids is 1. The summed E-state index contributed by atoms with van der Waals surface area (Å²) in [6, 6.07) is 0.333. The summed E-state index contributed by atoms with van der Waals surface area (Å²) < 4.78 is 0. The van der Waals surface area contributed by atoms with Gasteiger partial charge in [0.25, 0.3) is 0 Å². The van der Waals surface area contributed by atoms with Crippen LogP contribution in [0.5, 0.6) is 0 Å². The zero-order valence-electron chi connectivity index (χ0n) is 10.6. The minimum absolute atomic E-state index is 0.121. The van der Waals surface area contributed by atoms with Gasteiger partial charge in [-0.15, -0.1) is 6.58 Å². The third-order valence-electron chi connectivity index (χ3n) is 2.08. The summed E-state index contributed by atoms with van der Waals surface area (Å²) in [4.78, 5) is 13.7. The van der Waals surface area contributed by atoms with E-state index in [-0.39, 0.29) is 11.4 Å². The predicted octanol–water partition coefficient (Wildman–Crippen LogP) is 1.80. The Labute approximate surface area is 93.5 Å². The molecule has 0 spiro atoms. The van der Waals surface area contributed by atoms with Crippen LogP contribution >= 0.6 is 0 Å². The third kappa shape index (κ3) is 5.57. The summed E-state index contributed by atoms with van der Waals surface area (Å²) in [5.41, 5.74) is -0.149. The summed E-state index contributed by atoms with van der Waals surface area (Å²) in [5.74, 6) is 0.121. The van der Waals surface area contributed by atoms with Crippen LogP contribution in [0.4, 0.5) is 0 Å². The van der Waals surface area contributed by atoms with Crippen LogP contribution in [0, 0.1) is 0 Å². The molecule has 88 valence electrons. The number of carbonyl (C=O) groups is 1. The van der Waals surface area contributed by atoms with Gasteiger partial charge in [-0.2, -0.15) is 0 Å². The molecule has 3 heteroatoms. The van der Waals surface area contributed by atoms with E-state index in [4.69, 9.17) is 0 Å². The Hall–Kier alpha value is -0.830. The van der Waals surface area contributed by atoms with Crippen LogP contribution in [0.15, 0.2) is 12.7 Å². The quantitative estimate of drug-likeness (QED) is 0.705. The van der Waals surface area contributed by atoms with Crippen molar-refractivity contribution in [1.29, 1.82) is 0 Å². The molecule has 0 aromatic rings. The molecule has 0 unspecified atom stereocenters. The zero-order valence-corrected chi connectivity index (χ0v) is 10.6. The first-order chi connectivity index (χ1) is 6.79. The smallest absolute Gasteiger partial charge is 0.237 e. The first kappa shape index (κ1) is 14.2. The molecule has 0 aromatic heterocycles. The molecule has 0 aliphatic carbocycles. The summed E-state index contributed by atoms with van der Waals surface area (Å²) in [6.07, 6.45) is 1.76. The fourth-order valence-electron chi connectivity index (χ4n) is 1.27. The fraction of sp³-hybridized carbons (Fsp3) is 0.750. The highest BCUT2D eigenvalue weighted by Crippen LogP contribution is 2.12. The van der Waals surface area contributed by atoms with Gasteiger partial charge in [0.2, 0.25) is 5.91 Å². The fourth-order valence-corrected chi connectivity index (χ4v) is 1.27. The molecule has 15 heavy (non-hydrogen) atoms. The molecule has 0 saturated heterocycles. The third-order valence-corrected chi connectivity index (χ3v) is 2.08. The molecular formula is C12H24N2O. The van der Waals surface area contributed by atoms with Crippen molar-refractivity contribution < 1.29 is 4.79 Å². The molecule has 0 heterocycles. The molecule has 1 amide bonds. The summed E-state index contributed by atoms with van der Waals surface area (Å²) in [6.45, 7) is 14.8. The van der Waals surface area contributed by atoms with Gasteiger partial charge in [-0.3, -0.25) is 4.79 Å². The van der Waals surface area contributed by atoms with E-state index >= 15 is 0 Å². The van der Waals surface area contributed by atoms with Crippen LogP contribution in [0.2, 0.25) is 0 Å². The second-order valence-electron chi connectivity index (χ2n) is 5.00. The van der Waals surface area contributed by atoms with Crippen molar-refractivity contribution in [1.82, 2.24) is 10.2 Å². The van der Waals surface area contributed by atoms with E-state index in [1.54, 1.807) is 6.08 Å². The Morgan fingerprint density at radius 1 is 1.47 bits per heavy atom. The molecule has 0 rings (SSSR count). The SMILES string of the molecule is C=CCN(C(=O)CNC(C)C)C(C)(C)C. The van der Waals surface area contributed by atoms with Gasteiger partial charge < -0.3 is 10.2 Å². The number of nitrogens with one attached hydrogen (secondary N) is 1. The van der Waals surface area contributed by atoms with Crippen molar-refractivity contribution in [2.45, 2.75) is 46.2 Å². The second-order valence-corrected chi connectivity index (χ2v) is 5.00. The maximum Gasteiger partial charge on any atom is 0.237 e. The van der Waals surface area contributed by atoms with Crippen molar-refractivity contribution in [2.24, 2.45) is 0 Å². The topological polar surface area (TPSA) is 32.3 Å². The van der Waals surface area contributed by atoms with Gasteiger partial charge in [0.05, 0.1) is 6.54 Å². The van der Waals surface area contributed by atoms with Gasteiger partial charge in [0.1, 0.15) is 0 Å². The molecular weight excluding hydrogens is 188 g/mol. The Bertz CT molecular complexity index is 216. The number of hydrogen-bond donors (Lipinski definition) is 1. The van der Waals surface area contributed by atoms with Crippen molar-refractivity contribution in [3.63, 3.8) is 0 Å². The lowest BCUT2D eigenvalue weighted by Gasteiger charge is -2.35. The molecule has 0 fully saturated rings. The number of nitrogens with zero attached hydrogens (tertiary/aromatic N) is 1. The lowest BCUT2D eigenvalue weighted by atomic mass is 10.1. The Morgan fingerprint density at radius 2 is 2.00 bits per heavy atom. The van der Waals surface area contributed by atoms with Gasteiger partial charge in [-0.1, -0.05) is 19.9 Å². The van der Waals surface area contributed by atoms with Crippen molar-refractivity contribution in [2.75, 3.05) is 13.1 Å². The molecule has 0 radical (unpaired) electrons. The van der Waals surface area contributed by atoms with Gasteiger partial charge in [-0.25, -0.2) is 0 Å². The second kappa shape index (κ2) is 5.91. The minimum atomic E-state index is -0.149. The van der Waals surface area contributed by atoms with E-state index in [0.717, 1.165) is 0 Å². The van der Waals surface area contributed by atoms with E-state index < -0.39 is 0 Å². The van der Waals surface area contributed by atoms with E-state index in [0.29, 0.717) is 19.1 Å². The van der Waals surface area contributed by atoms with Crippen LogP contribution < -0.4 is 5.32 Å². The first-order valence-electron chi connectivity index (χ1n) is 5.43. The number of hydrogen-bond acceptors (Lipinski definition) is 2. The highest BCUT2D eigenvalue weighted by Gasteiger charge is 2.24. The Balaban J connectivity index is 4.36. The number of amides is 1. The standard InChI is InChI=1S/C12H24N2O/c1-7-8-14(12(4,5)6)11(15)9-13-10(2)3/h7,10,13H,1,8-9H2,2-6H3. The van der Waals surface area contributed by atoms with Crippen LogP contribution in [0.1, 0.15) is 34.6 Å². The summed E-state index contributed by atoms with van der Waals surface area (Å²) in [5, 5.41) is 3.13. The van der Waals surface area contributed by atoms with Gasteiger partial charge in [0, 0.05) is 18.1 Å². The maximum atomic E-state index is 11.9. The van der Waals surface area contributed by atoms with Crippen LogP contribution in [-0.2, 0) is 4.79 Å². The maximum absolute atomic E-state index is 11.9. The highest BCUT2D eigenvalue weighted by molar-refractivity contribution is 5.79. The van der Waals surface area contributed by atoms with E-state index in [2.05, 4.69) is 11.9 Å². The zero-order chi connectivity index (χ0) is 12.1. The van der Waals surface area contributed by atoms with Crippen molar-refractivity contribution >= 4 is 5.91 Å². The lowest BCUT2D eigenvalue weighted by Crippen LogP contribution is -2.49. The van der Waals surface area contributed by atoms with Crippen molar-refractivity contribution in [3.05, 3.63) is 12.7 Å². The average Bonchev–Trinajstić information content (AvgIpc) is 2.08. The Kier molecular flexibility index (Phi) is 5.58. The predicted molar refractivity (Wildman–Crippen MR) is 64.8 cm³/mol. The van der Waals surface area contributed by atoms with Crippen molar-refractivity contribution in [3.8, 4) is 0 Å². The molecule has 0 bridgehead atoms. The lowest BCUT2D eigenvalue weighted by molar-refractivity contribution is -0.134.